The average Bonchev–Trinajstić information content (AvgIpc) is 2.45. The van der Waals surface area contributed by atoms with E-state index < -0.39 is 11.7 Å². The Bertz CT molecular complexity index is 485. The van der Waals surface area contributed by atoms with Crippen molar-refractivity contribution in [1.29, 1.82) is 0 Å². The number of nitrogens with zero attached hydrogens (tertiary/aromatic N) is 1. The van der Waals surface area contributed by atoms with Crippen LogP contribution in [0.1, 0.15) is 31.2 Å². The van der Waals surface area contributed by atoms with E-state index in [0.29, 0.717) is 12.3 Å². The lowest BCUT2D eigenvalue weighted by molar-refractivity contribution is -0.137. The van der Waals surface area contributed by atoms with E-state index in [1.807, 2.05) is 0 Å². The van der Waals surface area contributed by atoms with Gasteiger partial charge in [-0.15, -0.1) is 0 Å². The van der Waals surface area contributed by atoms with Crippen LogP contribution in [0.15, 0.2) is 24.3 Å². The van der Waals surface area contributed by atoms with Crippen molar-refractivity contribution in [2.24, 2.45) is 11.7 Å². The molecule has 0 unspecified atom stereocenters. The predicted octanol–water partition coefficient (Wildman–Crippen LogP) is 3.19. The second-order valence-electron chi connectivity index (χ2n) is 5.50. The molecule has 6 heteroatoms. The first-order valence-corrected chi connectivity index (χ1v) is 7.07. The SMILES string of the molecule is NC(=O)CC[C@@H]1CCCN(c2ccc(C(F)(F)F)cc2)C1. The summed E-state index contributed by atoms with van der Waals surface area (Å²) in [4.78, 5) is 12.9. The number of rotatable bonds is 4. The van der Waals surface area contributed by atoms with E-state index in [4.69, 9.17) is 5.73 Å². The molecule has 0 bridgehead atoms. The maximum atomic E-state index is 12.5. The summed E-state index contributed by atoms with van der Waals surface area (Å²) >= 11 is 0. The molecule has 3 nitrogen and oxygen atoms in total. The number of hydrogen-bond donors (Lipinski definition) is 1. The first-order valence-electron chi connectivity index (χ1n) is 7.07. The predicted molar refractivity (Wildman–Crippen MR) is 74.8 cm³/mol. The third-order valence-electron chi connectivity index (χ3n) is 3.88. The zero-order valence-electron chi connectivity index (χ0n) is 11.7. The van der Waals surface area contributed by atoms with Crippen molar-refractivity contribution in [3.8, 4) is 0 Å². The molecule has 1 aromatic rings. The van der Waals surface area contributed by atoms with Crippen LogP contribution in [-0.4, -0.2) is 19.0 Å². The summed E-state index contributed by atoms with van der Waals surface area (Å²) in [5.74, 6) is 0.0650. The van der Waals surface area contributed by atoms with Crippen molar-refractivity contribution in [3.05, 3.63) is 29.8 Å². The monoisotopic (exact) mass is 300 g/mol. The Balaban J connectivity index is 1.99. The number of nitrogens with two attached hydrogens (primary N) is 1. The van der Waals surface area contributed by atoms with Gasteiger partial charge in [-0.25, -0.2) is 0 Å². The smallest absolute Gasteiger partial charge is 0.371 e. The van der Waals surface area contributed by atoms with Gasteiger partial charge in [-0.2, -0.15) is 13.2 Å². The highest BCUT2D eigenvalue weighted by atomic mass is 19.4. The number of benzene rings is 1. The summed E-state index contributed by atoms with van der Waals surface area (Å²) in [5, 5.41) is 0. The van der Waals surface area contributed by atoms with Gasteiger partial charge in [-0.1, -0.05) is 0 Å². The van der Waals surface area contributed by atoms with E-state index in [1.54, 1.807) is 0 Å². The third kappa shape index (κ3) is 4.37. The minimum Gasteiger partial charge on any atom is -0.371 e. The van der Waals surface area contributed by atoms with Gasteiger partial charge in [0.25, 0.3) is 0 Å². The van der Waals surface area contributed by atoms with Gasteiger partial charge in [-0.05, 0) is 49.4 Å². The zero-order chi connectivity index (χ0) is 15.5. The molecule has 0 saturated carbocycles. The lowest BCUT2D eigenvalue weighted by Gasteiger charge is -2.34. The molecule has 0 radical (unpaired) electrons. The highest BCUT2D eigenvalue weighted by Crippen LogP contribution is 2.32. The molecule has 0 spiro atoms. The number of primary amides is 1. The maximum absolute atomic E-state index is 12.5. The van der Waals surface area contributed by atoms with Crippen LogP contribution in [0.25, 0.3) is 0 Å². The molecule has 0 aromatic heterocycles. The fourth-order valence-electron chi connectivity index (χ4n) is 2.74. The van der Waals surface area contributed by atoms with Crippen LogP contribution < -0.4 is 10.6 Å². The molecule has 1 saturated heterocycles. The second-order valence-corrected chi connectivity index (χ2v) is 5.50. The van der Waals surface area contributed by atoms with E-state index in [1.165, 1.54) is 12.1 Å². The summed E-state index contributed by atoms with van der Waals surface area (Å²) in [7, 11) is 0. The topological polar surface area (TPSA) is 46.3 Å². The van der Waals surface area contributed by atoms with Gasteiger partial charge in [0, 0.05) is 25.2 Å². The van der Waals surface area contributed by atoms with E-state index >= 15 is 0 Å². The maximum Gasteiger partial charge on any atom is 0.416 e. The number of carbonyl (C=O) groups excluding carboxylic acids is 1. The average molecular weight is 300 g/mol. The molecule has 1 fully saturated rings. The fourth-order valence-corrected chi connectivity index (χ4v) is 2.74. The molecule has 2 rings (SSSR count). The molecule has 1 heterocycles. The zero-order valence-corrected chi connectivity index (χ0v) is 11.7. The van der Waals surface area contributed by atoms with E-state index in [0.717, 1.165) is 50.2 Å². The first kappa shape index (κ1) is 15.7. The Morgan fingerprint density at radius 2 is 1.95 bits per heavy atom. The van der Waals surface area contributed by atoms with Gasteiger partial charge in [0.2, 0.25) is 5.91 Å². The molecule has 21 heavy (non-hydrogen) atoms. The normalized spacial score (nSPS) is 19.6. The van der Waals surface area contributed by atoms with Crippen LogP contribution in [0.5, 0.6) is 0 Å². The van der Waals surface area contributed by atoms with E-state index in [-0.39, 0.29) is 5.91 Å². The number of anilines is 1. The van der Waals surface area contributed by atoms with E-state index in [9.17, 15) is 18.0 Å². The largest absolute Gasteiger partial charge is 0.416 e. The number of halogens is 3. The summed E-state index contributed by atoms with van der Waals surface area (Å²) < 4.78 is 37.6. The Morgan fingerprint density at radius 3 is 2.52 bits per heavy atom. The quantitative estimate of drug-likeness (QED) is 0.928. The second kappa shape index (κ2) is 6.37. The van der Waals surface area contributed by atoms with Gasteiger partial charge in [0.15, 0.2) is 0 Å². The van der Waals surface area contributed by atoms with Crippen LogP contribution in [-0.2, 0) is 11.0 Å². The van der Waals surface area contributed by atoms with Crippen LogP contribution in [0.4, 0.5) is 18.9 Å². The summed E-state index contributed by atoms with van der Waals surface area (Å²) in [6, 6.07) is 5.25. The van der Waals surface area contributed by atoms with Crippen molar-refractivity contribution in [3.63, 3.8) is 0 Å². The molecular weight excluding hydrogens is 281 g/mol. The Kier molecular flexibility index (Phi) is 4.75. The van der Waals surface area contributed by atoms with Gasteiger partial charge < -0.3 is 10.6 Å². The first-order chi connectivity index (χ1) is 9.86. The van der Waals surface area contributed by atoms with Crippen LogP contribution in [0.2, 0.25) is 0 Å². The molecule has 1 aromatic carbocycles. The molecule has 1 aliphatic rings. The third-order valence-corrected chi connectivity index (χ3v) is 3.88. The molecule has 116 valence electrons. The number of alkyl halides is 3. The van der Waals surface area contributed by atoms with E-state index in [2.05, 4.69) is 4.90 Å². The lowest BCUT2D eigenvalue weighted by atomic mass is 9.93. The summed E-state index contributed by atoms with van der Waals surface area (Å²) in [5.41, 5.74) is 5.32. The molecule has 0 aliphatic carbocycles. The van der Waals surface area contributed by atoms with Crippen LogP contribution in [0.3, 0.4) is 0 Å². The van der Waals surface area contributed by atoms with Crippen molar-refractivity contribution in [2.75, 3.05) is 18.0 Å². The molecular formula is C15H19F3N2O. The number of piperidine rings is 1. The van der Waals surface area contributed by atoms with Crippen LogP contribution in [0, 0.1) is 5.92 Å². The highest BCUT2D eigenvalue weighted by molar-refractivity contribution is 5.73. The summed E-state index contributed by atoms with van der Waals surface area (Å²) in [6.07, 6.45) is -1.18. The summed E-state index contributed by atoms with van der Waals surface area (Å²) in [6.45, 7) is 1.59. The molecule has 2 N–H and O–H groups in total. The number of amides is 1. The van der Waals surface area contributed by atoms with Crippen molar-refractivity contribution in [1.82, 2.24) is 0 Å². The number of carbonyl (C=O) groups is 1. The van der Waals surface area contributed by atoms with Gasteiger partial charge in [-0.3, -0.25) is 4.79 Å². The van der Waals surface area contributed by atoms with Crippen molar-refractivity contribution in [2.45, 2.75) is 31.9 Å². The van der Waals surface area contributed by atoms with Crippen molar-refractivity contribution >= 4 is 11.6 Å². The number of hydrogen-bond acceptors (Lipinski definition) is 2. The molecule has 1 amide bonds. The minimum atomic E-state index is -4.30. The van der Waals surface area contributed by atoms with Gasteiger partial charge in [0.05, 0.1) is 5.56 Å². The van der Waals surface area contributed by atoms with Gasteiger partial charge >= 0.3 is 6.18 Å². The highest BCUT2D eigenvalue weighted by Gasteiger charge is 2.30. The Labute approximate surface area is 121 Å². The Morgan fingerprint density at radius 1 is 1.29 bits per heavy atom. The lowest BCUT2D eigenvalue weighted by Crippen LogP contribution is -2.35. The van der Waals surface area contributed by atoms with Gasteiger partial charge in [0.1, 0.15) is 0 Å². The molecule has 1 atom stereocenters. The standard InChI is InChI=1S/C15H19F3N2O/c16-15(17,18)12-4-6-13(7-5-12)20-9-1-2-11(10-20)3-8-14(19)21/h4-7,11H,1-3,8-10H2,(H2,19,21)/t11-/m0/s1. The van der Waals surface area contributed by atoms with Crippen molar-refractivity contribution < 1.29 is 18.0 Å². The fraction of sp³-hybridized carbons (Fsp3) is 0.533. The van der Waals surface area contributed by atoms with Crippen LogP contribution >= 0.6 is 0 Å². The molecule has 1 aliphatic heterocycles. The Hall–Kier alpha value is -1.72. The minimum absolute atomic E-state index is 0.304.